The van der Waals surface area contributed by atoms with Crippen LogP contribution in [-0.4, -0.2) is 34.9 Å². The van der Waals surface area contributed by atoms with Crippen molar-refractivity contribution >= 4 is 5.91 Å². The molecule has 2 aromatic rings. The predicted octanol–water partition coefficient (Wildman–Crippen LogP) is 3.57. The first kappa shape index (κ1) is 16.5. The molecule has 0 aliphatic heterocycles. The molecule has 1 aliphatic rings. The van der Waals surface area contributed by atoms with Crippen molar-refractivity contribution in [2.75, 3.05) is 14.2 Å². The Labute approximate surface area is 141 Å². The highest BCUT2D eigenvalue weighted by atomic mass is 16.5. The van der Waals surface area contributed by atoms with E-state index in [1.54, 1.807) is 7.11 Å². The minimum atomic E-state index is -0.0458. The molecule has 0 unspecified atom stereocenters. The number of hydrogen-bond donors (Lipinski definition) is 0. The number of nitrogens with zero attached hydrogens (tertiary/aromatic N) is 3. The van der Waals surface area contributed by atoms with E-state index in [9.17, 15) is 4.79 Å². The smallest absolute Gasteiger partial charge is 0.336 e. The monoisotopic (exact) mass is 329 g/mol. The third kappa shape index (κ3) is 3.58. The van der Waals surface area contributed by atoms with Crippen molar-refractivity contribution in [2.24, 2.45) is 5.92 Å². The van der Waals surface area contributed by atoms with Gasteiger partial charge in [0.1, 0.15) is 5.75 Å². The summed E-state index contributed by atoms with van der Waals surface area (Å²) in [5.41, 5.74) is 0.777. The van der Waals surface area contributed by atoms with E-state index in [-0.39, 0.29) is 11.9 Å². The molecular formula is C18H23N3O3. The summed E-state index contributed by atoms with van der Waals surface area (Å²) >= 11 is 0. The van der Waals surface area contributed by atoms with Gasteiger partial charge in [-0.1, -0.05) is 37.8 Å². The standard InChI is InChI=1S/C18H23N3O3/c1-23-15-9-5-8-14(12-15)17-19-18(24-2)20-21(17)16(22)11-10-13-6-3-4-7-13/h5,8-9,12-13H,3-4,6-7,10-11H2,1-2H3. The summed E-state index contributed by atoms with van der Waals surface area (Å²) in [4.78, 5) is 17.0. The first-order valence-electron chi connectivity index (χ1n) is 8.40. The molecule has 1 aliphatic carbocycles. The van der Waals surface area contributed by atoms with Crippen LogP contribution in [0, 0.1) is 5.92 Å². The Bertz CT molecular complexity index is 705. The van der Waals surface area contributed by atoms with Gasteiger partial charge < -0.3 is 9.47 Å². The van der Waals surface area contributed by atoms with Crippen molar-refractivity contribution in [3.63, 3.8) is 0 Å². The number of ether oxygens (including phenoxy) is 2. The second-order valence-electron chi connectivity index (χ2n) is 6.15. The normalized spacial score (nSPS) is 14.8. The first-order valence-corrected chi connectivity index (χ1v) is 8.40. The van der Waals surface area contributed by atoms with E-state index in [1.165, 1.54) is 37.5 Å². The molecule has 0 bridgehead atoms. The molecule has 6 heteroatoms. The van der Waals surface area contributed by atoms with Crippen LogP contribution in [0.1, 0.15) is 43.3 Å². The molecule has 1 saturated carbocycles. The molecule has 0 spiro atoms. The van der Waals surface area contributed by atoms with Gasteiger partial charge in [0.05, 0.1) is 14.2 Å². The van der Waals surface area contributed by atoms with E-state index in [0.717, 1.165) is 12.0 Å². The van der Waals surface area contributed by atoms with Crippen LogP contribution in [-0.2, 0) is 0 Å². The molecule has 0 radical (unpaired) electrons. The lowest BCUT2D eigenvalue weighted by Crippen LogP contribution is -2.15. The van der Waals surface area contributed by atoms with Gasteiger partial charge in [0.25, 0.3) is 0 Å². The van der Waals surface area contributed by atoms with Gasteiger partial charge in [-0.05, 0) is 24.5 Å². The number of methoxy groups -OCH3 is 2. The maximum Gasteiger partial charge on any atom is 0.336 e. The highest BCUT2D eigenvalue weighted by Crippen LogP contribution is 2.29. The second kappa shape index (κ2) is 7.47. The van der Waals surface area contributed by atoms with Gasteiger partial charge in [-0.3, -0.25) is 4.79 Å². The van der Waals surface area contributed by atoms with Crippen molar-refractivity contribution in [2.45, 2.75) is 38.5 Å². The molecule has 0 atom stereocenters. The fourth-order valence-electron chi connectivity index (χ4n) is 3.24. The van der Waals surface area contributed by atoms with Crippen molar-refractivity contribution in [1.29, 1.82) is 0 Å². The van der Waals surface area contributed by atoms with Gasteiger partial charge >= 0.3 is 6.01 Å². The average Bonchev–Trinajstić information content (AvgIpc) is 3.29. The molecule has 0 amide bonds. The topological polar surface area (TPSA) is 66.2 Å². The molecule has 1 heterocycles. The number of benzene rings is 1. The number of carbonyl (C=O) groups excluding carboxylic acids is 1. The van der Waals surface area contributed by atoms with Gasteiger partial charge in [-0.15, -0.1) is 5.10 Å². The molecule has 1 fully saturated rings. The van der Waals surface area contributed by atoms with Gasteiger partial charge in [-0.2, -0.15) is 9.67 Å². The largest absolute Gasteiger partial charge is 0.497 e. The van der Waals surface area contributed by atoms with E-state index < -0.39 is 0 Å². The minimum Gasteiger partial charge on any atom is -0.497 e. The van der Waals surface area contributed by atoms with Gasteiger partial charge in [0, 0.05) is 12.0 Å². The summed E-state index contributed by atoms with van der Waals surface area (Å²) in [6, 6.07) is 7.63. The van der Waals surface area contributed by atoms with Crippen LogP contribution in [0.2, 0.25) is 0 Å². The molecule has 0 saturated heterocycles. The van der Waals surface area contributed by atoms with Crippen molar-refractivity contribution in [3.05, 3.63) is 24.3 Å². The van der Waals surface area contributed by atoms with E-state index in [4.69, 9.17) is 9.47 Å². The zero-order valence-electron chi connectivity index (χ0n) is 14.2. The molecule has 24 heavy (non-hydrogen) atoms. The van der Waals surface area contributed by atoms with Gasteiger partial charge in [0.2, 0.25) is 5.91 Å². The summed E-state index contributed by atoms with van der Waals surface area (Å²) in [6.07, 6.45) is 6.43. The van der Waals surface area contributed by atoms with E-state index in [2.05, 4.69) is 10.1 Å². The van der Waals surface area contributed by atoms with Crippen LogP contribution in [0.5, 0.6) is 11.8 Å². The third-order valence-electron chi connectivity index (χ3n) is 4.58. The Balaban J connectivity index is 1.83. The average molecular weight is 329 g/mol. The fraction of sp³-hybridized carbons (Fsp3) is 0.500. The third-order valence-corrected chi connectivity index (χ3v) is 4.58. The summed E-state index contributed by atoms with van der Waals surface area (Å²) in [5, 5.41) is 4.20. The SMILES string of the molecule is COc1cccc(-c2nc(OC)nn2C(=O)CCC2CCCC2)c1. The number of hydrogen-bond acceptors (Lipinski definition) is 5. The van der Waals surface area contributed by atoms with Crippen molar-refractivity contribution in [3.8, 4) is 23.1 Å². The number of aromatic nitrogens is 3. The van der Waals surface area contributed by atoms with Crippen LogP contribution in [0.25, 0.3) is 11.4 Å². The fourth-order valence-corrected chi connectivity index (χ4v) is 3.24. The zero-order chi connectivity index (χ0) is 16.9. The Morgan fingerprint density at radius 1 is 1.25 bits per heavy atom. The van der Waals surface area contributed by atoms with Crippen LogP contribution >= 0.6 is 0 Å². The first-order chi connectivity index (χ1) is 11.7. The van der Waals surface area contributed by atoms with E-state index in [1.807, 2.05) is 24.3 Å². The Morgan fingerprint density at radius 2 is 2.04 bits per heavy atom. The summed E-state index contributed by atoms with van der Waals surface area (Å²) in [7, 11) is 3.11. The second-order valence-corrected chi connectivity index (χ2v) is 6.15. The van der Waals surface area contributed by atoms with Crippen LogP contribution in [0.3, 0.4) is 0 Å². The highest BCUT2D eigenvalue weighted by Gasteiger charge is 2.21. The summed E-state index contributed by atoms with van der Waals surface area (Å²) < 4.78 is 11.7. The lowest BCUT2D eigenvalue weighted by atomic mass is 10.0. The predicted molar refractivity (Wildman–Crippen MR) is 90.4 cm³/mol. The van der Waals surface area contributed by atoms with Gasteiger partial charge in [-0.25, -0.2) is 0 Å². The molecule has 6 nitrogen and oxygen atoms in total. The number of rotatable bonds is 6. The lowest BCUT2D eigenvalue weighted by molar-refractivity contribution is 0.0877. The Morgan fingerprint density at radius 3 is 2.75 bits per heavy atom. The molecule has 128 valence electrons. The molecule has 0 N–H and O–H groups in total. The van der Waals surface area contributed by atoms with Crippen molar-refractivity contribution in [1.82, 2.24) is 14.8 Å². The Kier molecular flexibility index (Phi) is 5.13. The Hall–Kier alpha value is -2.37. The molecule has 3 rings (SSSR count). The van der Waals surface area contributed by atoms with Crippen LogP contribution < -0.4 is 9.47 Å². The maximum atomic E-state index is 12.7. The van der Waals surface area contributed by atoms with E-state index in [0.29, 0.717) is 23.9 Å². The maximum absolute atomic E-state index is 12.7. The van der Waals surface area contributed by atoms with Gasteiger partial charge in [0.15, 0.2) is 5.82 Å². The van der Waals surface area contributed by atoms with Crippen LogP contribution in [0.15, 0.2) is 24.3 Å². The highest BCUT2D eigenvalue weighted by molar-refractivity contribution is 5.82. The molecule has 1 aromatic carbocycles. The lowest BCUT2D eigenvalue weighted by Gasteiger charge is -2.09. The summed E-state index contributed by atoms with van der Waals surface area (Å²) in [6.45, 7) is 0. The number of carbonyl (C=O) groups is 1. The zero-order valence-corrected chi connectivity index (χ0v) is 14.2. The summed E-state index contributed by atoms with van der Waals surface area (Å²) in [5.74, 6) is 1.82. The van der Waals surface area contributed by atoms with E-state index >= 15 is 0 Å². The molecular weight excluding hydrogens is 306 g/mol. The molecule has 1 aromatic heterocycles. The minimum absolute atomic E-state index is 0.0458. The quantitative estimate of drug-likeness (QED) is 0.810. The van der Waals surface area contributed by atoms with Crippen LogP contribution in [0.4, 0.5) is 0 Å². The van der Waals surface area contributed by atoms with Crippen molar-refractivity contribution < 1.29 is 14.3 Å².